The van der Waals surface area contributed by atoms with Gasteiger partial charge in [0, 0.05) is 37.0 Å². The quantitative estimate of drug-likeness (QED) is 0.343. The minimum Gasteiger partial charge on any atom is -0.465 e. The summed E-state index contributed by atoms with van der Waals surface area (Å²) in [6, 6.07) is 14.4. The zero-order valence-corrected chi connectivity index (χ0v) is 21.6. The van der Waals surface area contributed by atoms with Gasteiger partial charge in [0.2, 0.25) is 0 Å². The number of amides is 1. The highest BCUT2D eigenvalue weighted by Gasteiger charge is 2.22. The van der Waals surface area contributed by atoms with Crippen LogP contribution in [0.4, 0.5) is 9.18 Å². The van der Waals surface area contributed by atoms with Crippen molar-refractivity contribution in [2.45, 2.75) is 19.3 Å². The Morgan fingerprint density at radius 2 is 2.05 bits per heavy atom. The number of ether oxygens (including phenoxy) is 1. The van der Waals surface area contributed by atoms with Crippen LogP contribution in [0.5, 0.6) is 6.01 Å². The fourth-order valence-electron chi connectivity index (χ4n) is 5.04. The zero-order valence-electron chi connectivity index (χ0n) is 21.6. The minimum atomic E-state index is -1.15. The van der Waals surface area contributed by atoms with E-state index in [9.17, 15) is 10.1 Å². The number of carbonyl (C=O) groups is 1. The second-order valence-corrected chi connectivity index (χ2v) is 9.80. The number of hydrogen-bond donors (Lipinski definition) is 2. The van der Waals surface area contributed by atoms with Crippen molar-refractivity contribution >= 4 is 11.7 Å². The van der Waals surface area contributed by atoms with Crippen molar-refractivity contribution in [1.82, 2.24) is 24.6 Å². The summed E-state index contributed by atoms with van der Waals surface area (Å²) in [4.78, 5) is 22.6. The number of carboxylic acid groups (broad SMARTS) is 1. The first-order valence-corrected chi connectivity index (χ1v) is 12.9. The topological polar surface area (TPSA) is 116 Å². The molecule has 0 spiro atoms. The first-order valence-electron chi connectivity index (χ1n) is 12.9. The molecule has 1 aliphatic heterocycles. The second-order valence-electron chi connectivity index (χ2n) is 9.80. The number of likely N-dealkylation sites (tertiary alicyclic amines) is 1. The van der Waals surface area contributed by atoms with E-state index in [1.54, 1.807) is 41.1 Å². The summed E-state index contributed by atoms with van der Waals surface area (Å²) in [7, 11) is 2.11. The summed E-state index contributed by atoms with van der Waals surface area (Å²) in [5.41, 5.74) is 4.00. The molecule has 5 rings (SSSR count). The highest BCUT2D eigenvalue weighted by Crippen LogP contribution is 2.37. The summed E-state index contributed by atoms with van der Waals surface area (Å²) >= 11 is 0. The van der Waals surface area contributed by atoms with Gasteiger partial charge in [-0.1, -0.05) is 24.3 Å². The molecule has 1 saturated heterocycles. The number of hydrogen-bond acceptors (Lipinski definition) is 6. The third-order valence-corrected chi connectivity index (χ3v) is 6.98. The smallest absolute Gasteiger partial charge is 0.404 e. The van der Waals surface area contributed by atoms with Crippen molar-refractivity contribution in [3.05, 3.63) is 71.8 Å². The van der Waals surface area contributed by atoms with Gasteiger partial charge in [0.05, 0.1) is 29.5 Å². The van der Waals surface area contributed by atoms with Crippen molar-refractivity contribution in [1.29, 1.82) is 5.26 Å². The number of imidazole rings is 1. The number of benzene rings is 2. The van der Waals surface area contributed by atoms with Crippen molar-refractivity contribution in [2.24, 2.45) is 5.92 Å². The zero-order chi connectivity index (χ0) is 27.4. The molecular weight excluding hydrogens is 499 g/mol. The molecule has 200 valence electrons. The number of piperidine rings is 1. The lowest BCUT2D eigenvalue weighted by Crippen LogP contribution is -2.35. The van der Waals surface area contributed by atoms with Gasteiger partial charge >= 0.3 is 12.1 Å². The van der Waals surface area contributed by atoms with Gasteiger partial charge in [-0.05, 0) is 62.2 Å². The molecule has 4 aromatic rings. The van der Waals surface area contributed by atoms with Crippen LogP contribution in [0.25, 0.3) is 28.0 Å². The summed E-state index contributed by atoms with van der Waals surface area (Å²) in [5, 5.41) is 20.3. The molecule has 2 N–H and O–H groups in total. The molecule has 0 bridgehead atoms. The molecule has 9 nitrogen and oxygen atoms in total. The molecule has 3 heterocycles. The lowest BCUT2D eigenvalue weighted by atomic mass is 9.97. The lowest BCUT2D eigenvalue weighted by Gasteiger charge is -2.29. The van der Waals surface area contributed by atoms with E-state index >= 15 is 4.39 Å². The maximum Gasteiger partial charge on any atom is 0.404 e. The van der Waals surface area contributed by atoms with Gasteiger partial charge in [-0.2, -0.15) is 10.2 Å². The van der Waals surface area contributed by atoms with E-state index in [-0.39, 0.29) is 13.0 Å². The Balaban J connectivity index is 1.56. The molecule has 0 radical (unpaired) electrons. The molecule has 0 aliphatic carbocycles. The normalized spacial score (nSPS) is 15.7. The SMILES string of the molecule is CN1CCC[C@@H](COc2nc(-c3ccc(C#N)cc3)c(-c3ccc(CCNC(=O)O)c(F)c3)c3nccn23)C1. The van der Waals surface area contributed by atoms with Gasteiger partial charge in [0.25, 0.3) is 0 Å². The molecule has 1 aliphatic rings. The van der Waals surface area contributed by atoms with E-state index in [2.05, 4.69) is 28.3 Å². The molecule has 0 unspecified atom stereocenters. The molecule has 2 aromatic heterocycles. The summed E-state index contributed by atoms with van der Waals surface area (Å²) in [5.74, 6) is -0.0589. The fraction of sp³-hybridized carbons (Fsp3) is 0.310. The van der Waals surface area contributed by atoms with E-state index in [1.165, 1.54) is 6.07 Å². The number of halogens is 1. The van der Waals surface area contributed by atoms with Gasteiger partial charge in [0.1, 0.15) is 5.82 Å². The Labute approximate surface area is 225 Å². The summed E-state index contributed by atoms with van der Waals surface area (Å²) in [6.07, 6.45) is 4.73. The van der Waals surface area contributed by atoms with Gasteiger partial charge in [-0.15, -0.1) is 0 Å². The van der Waals surface area contributed by atoms with Crippen LogP contribution in [-0.2, 0) is 6.42 Å². The maximum absolute atomic E-state index is 15.2. The number of nitrogens with one attached hydrogen (secondary N) is 1. The second kappa shape index (κ2) is 11.5. The molecule has 1 fully saturated rings. The van der Waals surface area contributed by atoms with Crippen LogP contribution in [0.15, 0.2) is 54.9 Å². The van der Waals surface area contributed by atoms with Crippen molar-refractivity contribution in [3.8, 4) is 34.5 Å². The Kier molecular flexibility index (Phi) is 7.70. The Bertz CT molecular complexity index is 1530. The van der Waals surface area contributed by atoms with Crippen LogP contribution < -0.4 is 10.1 Å². The van der Waals surface area contributed by atoms with E-state index in [4.69, 9.17) is 14.8 Å². The van der Waals surface area contributed by atoms with Crippen molar-refractivity contribution < 1.29 is 19.0 Å². The Morgan fingerprint density at radius 3 is 2.77 bits per heavy atom. The van der Waals surface area contributed by atoms with Crippen LogP contribution in [0.2, 0.25) is 0 Å². The van der Waals surface area contributed by atoms with Crippen LogP contribution in [0, 0.1) is 23.1 Å². The first-order chi connectivity index (χ1) is 18.9. The van der Waals surface area contributed by atoms with Gasteiger partial charge in [-0.25, -0.2) is 14.2 Å². The molecule has 39 heavy (non-hydrogen) atoms. The van der Waals surface area contributed by atoms with Gasteiger partial charge < -0.3 is 20.1 Å². The van der Waals surface area contributed by atoms with Crippen molar-refractivity contribution in [2.75, 3.05) is 33.3 Å². The molecule has 2 aromatic carbocycles. The highest BCUT2D eigenvalue weighted by molar-refractivity contribution is 5.90. The largest absolute Gasteiger partial charge is 0.465 e. The van der Waals surface area contributed by atoms with E-state index in [1.807, 2.05) is 12.1 Å². The number of rotatable bonds is 8. The third-order valence-electron chi connectivity index (χ3n) is 6.98. The van der Waals surface area contributed by atoms with Crippen LogP contribution in [-0.4, -0.2) is 63.8 Å². The van der Waals surface area contributed by atoms with E-state index in [0.29, 0.717) is 52.1 Å². The maximum atomic E-state index is 15.2. The van der Waals surface area contributed by atoms with E-state index < -0.39 is 11.9 Å². The molecule has 0 saturated carbocycles. The van der Waals surface area contributed by atoms with Crippen LogP contribution in [0.3, 0.4) is 0 Å². The average molecular weight is 529 g/mol. The predicted molar refractivity (Wildman–Crippen MR) is 144 cm³/mol. The lowest BCUT2D eigenvalue weighted by molar-refractivity contribution is 0.143. The first kappa shape index (κ1) is 26.1. The van der Waals surface area contributed by atoms with Gasteiger partial charge in [0.15, 0.2) is 5.65 Å². The number of nitrogens with zero attached hydrogens (tertiary/aromatic N) is 5. The highest BCUT2D eigenvalue weighted by atomic mass is 19.1. The predicted octanol–water partition coefficient (Wildman–Crippen LogP) is 4.60. The number of nitriles is 1. The standard InChI is InChI=1S/C29H29FN6O3/c1-35-13-2-3-20(17-35)18-39-28-34-26(22-6-4-19(16-31)5-7-22)25(27-32-12-14-36(27)28)23-9-8-21(24(30)15-23)10-11-33-29(37)38/h4-9,12,14-15,20,33H,2-3,10-11,13,17-18H2,1H3,(H,37,38)/t20-/m1/s1. The minimum absolute atomic E-state index is 0.108. The molecule has 1 atom stereocenters. The summed E-state index contributed by atoms with van der Waals surface area (Å²) < 4.78 is 23.2. The van der Waals surface area contributed by atoms with Crippen LogP contribution >= 0.6 is 0 Å². The number of aromatic nitrogens is 3. The van der Waals surface area contributed by atoms with Crippen LogP contribution in [0.1, 0.15) is 24.0 Å². The third kappa shape index (κ3) is 5.84. The fourth-order valence-corrected chi connectivity index (χ4v) is 5.04. The molecular formula is C29H29FN6O3. The average Bonchev–Trinajstić information content (AvgIpc) is 3.42. The summed E-state index contributed by atoms with van der Waals surface area (Å²) in [6.45, 7) is 2.67. The molecule has 10 heteroatoms. The number of fused-ring (bicyclic) bond motifs is 1. The monoisotopic (exact) mass is 528 g/mol. The van der Waals surface area contributed by atoms with E-state index in [0.717, 1.165) is 31.5 Å². The Hall–Kier alpha value is -4.49. The van der Waals surface area contributed by atoms with Gasteiger partial charge in [-0.3, -0.25) is 4.40 Å². The van der Waals surface area contributed by atoms with Crippen molar-refractivity contribution in [3.63, 3.8) is 0 Å². The molecule has 1 amide bonds. The Morgan fingerprint density at radius 1 is 1.26 bits per heavy atom.